The van der Waals surface area contributed by atoms with Crippen LogP contribution >= 0.6 is 0 Å². The van der Waals surface area contributed by atoms with E-state index in [1.807, 2.05) is 24.3 Å². The molecule has 0 heterocycles. The van der Waals surface area contributed by atoms with E-state index in [4.69, 9.17) is 10.8 Å². The second-order valence-electron chi connectivity index (χ2n) is 4.09. The maximum absolute atomic E-state index is 9.00. The Morgan fingerprint density at radius 1 is 0.882 bits per heavy atom. The van der Waals surface area contributed by atoms with Crippen LogP contribution in [0.4, 0.5) is 0 Å². The first-order valence-electron chi connectivity index (χ1n) is 5.82. The van der Waals surface area contributed by atoms with E-state index in [1.165, 1.54) is 16.7 Å². The molecule has 0 fully saturated rings. The SMILES string of the molecule is NCCc1cccc(-c2ccc(CO)cc2)c1. The summed E-state index contributed by atoms with van der Waals surface area (Å²) in [5.74, 6) is 0. The summed E-state index contributed by atoms with van der Waals surface area (Å²) in [5, 5.41) is 9.00. The van der Waals surface area contributed by atoms with Crippen molar-refractivity contribution in [3.63, 3.8) is 0 Å². The molecule has 0 unspecified atom stereocenters. The van der Waals surface area contributed by atoms with Crippen molar-refractivity contribution in [2.75, 3.05) is 6.54 Å². The monoisotopic (exact) mass is 227 g/mol. The van der Waals surface area contributed by atoms with Crippen LogP contribution in [0.1, 0.15) is 11.1 Å². The molecule has 0 saturated carbocycles. The fraction of sp³-hybridized carbons (Fsp3) is 0.200. The fourth-order valence-corrected chi connectivity index (χ4v) is 1.88. The lowest BCUT2D eigenvalue weighted by Crippen LogP contribution is -2.02. The minimum absolute atomic E-state index is 0.0908. The van der Waals surface area contributed by atoms with Crippen molar-refractivity contribution in [3.05, 3.63) is 59.7 Å². The number of nitrogens with two attached hydrogens (primary N) is 1. The number of aliphatic hydroxyl groups is 1. The van der Waals surface area contributed by atoms with Gasteiger partial charge in [-0.15, -0.1) is 0 Å². The summed E-state index contributed by atoms with van der Waals surface area (Å²) in [5.41, 5.74) is 10.1. The fourth-order valence-electron chi connectivity index (χ4n) is 1.88. The molecule has 0 aliphatic carbocycles. The van der Waals surface area contributed by atoms with Crippen LogP contribution in [0.5, 0.6) is 0 Å². The van der Waals surface area contributed by atoms with E-state index in [0.29, 0.717) is 6.54 Å². The number of hydrogen-bond donors (Lipinski definition) is 2. The highest BCUT2D eigenvalue weighted by molar-refractivity contribution is 5.64. The molecular formula is C15H17NO. The summed E-state index contributed by atoms with van der Waals surface area (Å²) in [6.45, 7) is 0.764. The zero-order chi connectivity index (χ0) is 12.1. The van der Waals surface area contributed by atoms with Crippen molar-refractivity contribution in [1.82, 2.24) is 0 Å². The van der Waals surface area contributed by atoms with Gasteiger partial charge in [0.1, 0.15) is 0 Å². The number of aliphatic hydroxyl groups excluding tert-OH is 1. The van der Waals surface area contributed by atoms with Crippen molar-refractivity contribution in [2.45, 2.75) is 13.0 Å². The van der Waals surface area contributed by atoms with Gasteiger partial charge in [0.25, 0.3) is 0 Å². The van der Waals surface area contributed by atoms with E-state index in [1.54, 1.807) is 0 Å². The molecule has 0 amide bonds. The van der Waals surface area contributed by atoms with Crippen LogP contribution in [0.15, 0.2) is 48.5 Å². The third-order valence-corrected chi connectivity index (χ3v) is 2.83. The van der Waals surface area contributed by atoms with Crippen molar-refractivity contribution in [3.8, 4) is 11.1 Å². The van der Waals surface area contributed by atoms with Crippen molar-refractivity contribution >= 4 is 0 Å². The van der Waals surface area contributed by atoms with Gasteiger partial charge in [-0.05, 0) is 35.2 Å². The Morgan fingerprint density at radius 2 is 1.65 bits per heavy atom. The Balaban J connectivity index is 2.28. The largest absolute Gasteiger partial charge is 0.392 e. The molecule has 2 heteroatoms. The molecule has 0 aliphatic rings. The van der Waals surface area contributed by atoms with Crippen molar-refractivity contribution in [1.29, 1.82) is 0 Å². The Labute approximate surface area is 102 Å². The summed E-state index contributed by atoms with van der Waals surface area (Å²) in [4.78, 5) is 0. The lowest BCUT2D eigenvalue weighted by molar-refractivity contribution is 0.282. The summed E-state index contributed by atoms with van der Waals surface area (Å²) in [7, 11) is 0. The minimum atomic E-state index is 0.0908. The Hall–Kier alpha value is -1.64. The van der Waals surface area contributed by atoms with E-state index < -0.39 is 0 Å². The van der Waals surface area contributed by atoms with Crippen LogP contribution in [0.3, 0.4) is 0 Å². The van der Waals surface area contributed by atoms with E-state index in [2.05, 4.69) is 24.3 Å². The van der Waals surface area contributed by atoms with Crippen LogP contribution < -0.4 is 5.73 Å². The lowest BCUT2D eigenvalue weighted by Gasteiger charge is -2.05. The molecule has 2 aromatic carbocycles. The highest BCUT2D eigenvalue weighted by Gasteiger charge is 1.99. The minimum Gasteiger partial charge on any atom is -0.392 e. The first-order chi connectivity index (χ1) is 8.33. The molecule has 2 rings (SSSR count). The Kier molecular flexibility index (Phi) is 3.91. The average molecular weight is 227 g/mol. The molecule has 0 atom stereocenters. The highest BCUT2D eigenvalue weighted by Crippen LogP contribution is 2.21. The first-order valence-corrected chi connectivity index (χ1v) is 5.82. The van der Waals surface area contributed by atoms with Gasteiger partial charge in [-0.2, -0.15) is 0 Å². The summed E-state index contributed by atoms with van der Waals surface area (Å²) in [6.07, 6.45) is 0.905. The molecule has 0 aliphatic heterocycles. The molecule has 0 saturated heterocycles. The summed E-state index contributed by atoms with van der Waals surface area (Å²) in [6, 6.07) is 16.4. The third kappa shape index (κ3) is 2.93. The second-order valence-corrected chi connectivity index (χ2v) is 4.09. The third-order valence-electron chi connectivity index (χ3n) is 2.83. The van der Waals surface area contributed by atoms with Crippen LogP contribution in [-0.4, -0.2) is 11.7 Å². The number of benzene rings is 2. The van der Waals surface area contributed by atoms with E-state index in [-0.39, 0.29) is 6.61 Å². The number of hydrogen-bond acceptors (Lipinski definition) is 2. The molecule has 0 radical (unpaired) electrons. The van der Waals surface area contributed by atoms with Crippen LogP contribution in [0.2, 0.25) is 0 Å². The second kappa shape index (κ2) is 5.62. The first kappa shape index (κ1) is 11.8. The Morgan fingerprint density at radius 3 is 2.29 bits per heavy atom. The van der Waals surface area contributed by atoms with Gasteiger partial charge < -0.3 is 10.8 Å². The van der Waals surface area contributed by atoms with Gasteiger partial charge in [0.2, 0.25) is 0 Å². The summed E-state index contributed by atoms with van der Waals surface area (Å²) < 4.78 is 0. The van der Waals surface area contributed by atoms with Crippen LogP contribution in [-0.2, 0) is 13.0 Å². The quantitative estimate of drug-likeness (QED) is 0.842. The van der Waals surface area contributed by atoms with Gasteiger partial charge in [-0.25, -0.2) is 0 Å². The molecule has 0 bridgehead atoms. The molecule has 88 valence electrons. The van der Waals surface area contributed by atoms with Gasteiger partial charge >= 0.3 is 0 Å². The van der Waals surface area contributed by atoms with E-state index in [9.17, 15) is 0 Å². The van der Waals surface area contributed by atoms with E-state index >= 15 is 0 Å². The predicted molar refractivity (Wildman–Crippen MR) is 70.6 cm³/mol. The zero-order valence-electron chi connectivity index (χ0n) is 9.76. The van der Waals surface area contributed by atoms with Gasteiger partial charge in [-0.3, -0.25) is 0 Å². The standard InChI is InChI=1S/C15H17NO/c16-9-8-12-2-1-3-15(10-12)14-6-4-13(11-17)5-7-14/h1-7,10,17H,8-9,11,16H2. The predicted octanol–water partition coefficient (Wildman–Crippen LogP) is 2.35. The average Bonchev–Trinajstić information content (AvgIpc) is 2.40. The van der Waals surface area contributed by atoms with E-state index in [0.717, 1.165) is 12.0 Å². The molecule has 3 N–H and O–H groups in total. The topological polar surface area (TPSA) is 46.2 Å². The number of rotatable bonds is 4. The smallest absolute Gasteiger partial charge is 0.0681 e. The van der Waals surface area contributed by atoms with Crippen LogP contribution in [0.25, 0.3) is 11.1 Å². The highest BCUT2D eigenvalue weighted by atomic mass is 16.3. The molecule has 2 aromatic rings. The van der Waals surface area contributed by atoms with Gasteiger partial charge in [-0.1, -0.05) is 48.5 Å². The van der Waals surface area contributed by atoms with Crippen molar-refractivity contribution in [2.24, 2.45) is 5.73 Å². The maximum atomic E-state index is 9.00. The van der Waals surface area contributed by atoms with Crippen molar-refractivity contribution < 1.29 is 5.11 Å². The van der Waals surface area contributed by atoms with Gasteiger partial charge in [0, 0.05) is 0 Å². The Bertz CT molecular complexity index is 477. The maximum Gasteiger partial charge on any atom is 0.0681 e. The summed E-state index contributed by atoms with van der Waals surface area (Å²) >= 11 is 0. The molecule has 2 nitrogen and oxygen atoms in total. The van der Waals surface area contributed by atoms with Gasteiger partial charge in [0.05, 0.1) is 6.61 Å². The van der Waals surface area contributed by atoms with Gasteiger partial charge in [0.15, 0.2) is 0 Å². The van der Waals surface area contributed by atoms with Crippen LogP contribution in [0, 0.1) is 0 Å². The normalized spacial score (nSPS) is 10.5. The zero-order valence-corrected chi connectivity index (χ0v) is 9.76. The molecule has 0 aromatic heterocycles. The molecular weight excluding hydrogens is 210 g/mol. The molecule has 17 heavy (non-hydrogen) atoms. The lowest BCUT2D eigenvalue weighted by atomic mass is 10.0. The molecule has 0 spiro atoms.